The van der Waals surface area contributed by atoms with E-state index in [2.05, 4.69) is 76.3 Å². The van der Waals surface area contributed by atoms with Gasteiger partial charge in [0.05, 0.1) is 6.54 Å². The highest BCUT2D eigenvalue weighted by molar-refractivity contribution is 5.48. The topological polar surface area (TPSA) is 21.3 Å². The quantitative estimate of drug-likeness (QED) is 0.708. The number of benzene rings is 2. The summed E-state index contributed by atoms with van der Waals surface area (Å²) in [6, 6.07) is 14.9. The largest absolute Gasteiger partial charge is 0.489 e. The Morgan fingerprint density at radius 2 is 1.65 bits per heavy atom. The van der Waals surface area contributed by atoms with Gasteiger partial charge in [-0.2, -0.15) is 0 Å². The van der Waals surface area contributed by atoms with Gasteiger partial charge in [-0.3, -0.25) is 0 Å². The molecule has 0 spiro atoms. The van der Waals surface area contributed by atoms with E-state index in [0.717, 1.165) is 24.4 Å². The maximum absolute atomic E-state index is 6.19. The fraction of sp³-hybridized carbons (Fsp3) is 0.429. The summed E-state index contributed by atoms with van der Waals surface area (Å²) in [6.45, 7) is 11.6. The van der Waals surface area contributed by atoms with E-state index >= 15 is 0 Å². The zero-order chi connectivity index (χ0) is 16.8. The SMILES string of the molecule is CC[C@H](C)c1ccccc1O[C@@H](C)CNc1cc(C)cc(C)c1. The maximum atomic E-state index is 6.19. The first kappa shape index (κ1) is 17.4. The van der Waals surface area contributed by atoms with Gasteiger partial charge in [0, 0.05) is 5.69 Å². The van der Waals surface area contributed by atoms with Crippen LogP contribution >= 0.6 is 0 Å². The van der Waals surface area contributed by atoms with Crippen LogP contribution in [0.25, 0.3) is 0 Å². The van der Waals surface area contributed by atoms with Crippen LogP contribution in [-0.4, -0.2) is 12.6 Å². The number of para-hydroxylation sites is 1. The van der Waals surface area contributed by atoms with Gasteiger partial charge in [-0.15, -0.1) is 0 Å². The summed E-state index contributed by atoms with van der Waals surface area (Å²) >= 11 is 0. The van der Waals surface area contributed by atoms with Gasteiger partial charge in [0.1, 0.15) is 11.9 Å². The molecule has 0 aliphatic carbocycles. The van der Waals surface area contributed by atoms with E-state index in [9.17, 15) is 0 Å². The minimum Gasteiger partial charge on any atom is -0.489 e. The molecule has 2 nitrogen and oxygen atoms in total. The molecule has 2 aromatic rings. The van der Waals surface area contributed by atoms with Crippen molar-refractivity contribution >= 4 is 5.69 Å². The normalized spacial score (nSPS) is 13.4. The molecule has 2 rings (SSSR count). The van der Waals surface area contributed by atoms with E-state index in [-0.39, 0.29) is 6.10 Å². The van der Waals surface area contributed by atoms with Crippen LogP contribution in [0.4, 0.5) is 5.69 Å². The zero-order valence-corrected chi connectivity index (χ0v) is 15.0. The molecule has 0 aromatic heterocycles. The number of rotatable bonds is 7. The molecule has 0 heterocycles. The van der Waals surface area contributed by atoms with Gasteiger partial charge in [0.15, 0.2) is 0 Å². The Hall–Kier alpha value is -1.96. The second-order valence-electron chi connectivity index (χ2n) is 6.53. The molecular formula is C21H29NO. The lowest BCUT2D eigenvalue weighted by Crippen LogP contribution is -2.23. The maximum Gasteiger partial charge on any atom is 0.123 e. The van der Waals surface area contributed by atoms with E-state index in [0.29, 0.717) is 5.92 Å². The summed E-state index contributed by atoms with van der Waals surface area (Å²) in [4.78, 5) is 0. The van der Waals surface area contributed by atoms with Crippen LogP contribution in [0, 0.1) is 13.8 Å². The third-order valence-electron chi connectivity index (χ3n) is 4.21. The molecule has 2 heteroatoms. The predicted molar refractivity (Wildman–Crippen MR) is 99.6 cm³/mol. The van der Waals surface area contributed by atoms with Crippen molar-refractivity contribution in [1.82, 2.24) is 0 Å². The average Bonchev–Trinajstić information content (AvgIpc) is 2.52. The third-order valence-corrected chi connectivity index (χ3v) is 4.21. The van der Waals surface area contributed by atoms with Gasteiger partial charge >= 0.3 is 0 Å². The molecule has 0 fully saturated rings. The van der Waals surface area contributed by atoms with Crippen molar-refractivity contribution in [2.75, 3.05) is 11.9 Å². The van der Waals surface area contributed by atoms with Crippen LogP contribution in [-0.2, 0) is 0 Å². The molecule has 0 bridgehead atoms. The molecule has 124 valence electrons. The lowest BCUT2D eigenvalue weighted by Gasteiger charge is -2.21. The highest BCUT2D eigenvalue weighted by Crippen LogP contribution is 2.29. The lowest BCUT2D eigenvalue weighted by molar-refractivity contribution is 0.231. The molecule has 0 aliphatic rings. The van der Waals surface area contributed by atoms with E-state index in [1.807, 2.05) is 6.07 Å². The Bertz CT molecular complexity index is 615. The van der Waals surface area contributed by atoms with Gasteiger partial charge in [-0.05, 0) is 68.0 Å². The Balaban J connectivity index is 1.98. The first-order valence-electron chi connectivity index (χ1n) is 8.57. The van der Waals surface area contributed by atoms with Crippen molar-refractivity contribution in [2.24, 2.45) is 0 Å². The highest BCUT2D eigenvalue weighted by atomic mass is 16.5. The number of hydrogen-bond acceptors (Lipinski definition) is 2. The molecular weight excluding hydrogens is 282 g/mol. The van der Waals surface area contributed by atoms with Crippen LogP contribution in [0.15, 0.2) is 42.5 Å². The third kappa shape index (κ3) is 5.02. The summed E-state index contributed by atoms with van der Waals surface area (Å²) in [5.74, 6) is 1.53. The van der Waals surface area contributed by atoms with Crippen molar-refractivity contribution in [3.63, 3.8) is 0 Å². The fourth-order valence-corrected chi connectivity index (χ4v) is 2.81. The van der Waals surface area contributed by atoms with Gasteiger partial charge < -0.3 is 10.1 Å². The van der Waals surface area contributed by atoms with Crippen LogP contribution in [0.2, 0.25) is 0 Å². The summed E-state index contributed by atoms with van der Waals surface area (Å²) < 4.78 is 6.19. The Kier molecular flexibility index (Phi) is 6.09. The second kappa shape index (κ2) is 8.05. The van der Waals surface area contributed by atoms with Crippen molar-refractivity contribution in [1.29, 1.82) is 0 Å². The number of aryl methyl sites for hydroxylation is 2. The minimum absolute atomic E-state index is 0.112. The molecule has 0 amide bonds. The van der Waals surface area contributed by atoms with E-state index in [4.69, 9.17) is 4.74 Å². The standard InChI is InChI=1S/C21H29NO/c1-6-17(4)20-9-7-8-10-21(20)23-18(5)14-22-19-12-15(2)11-16(3)13-19/h7-13,17-18,22H,6,14H2,1-5H3/t17-,18-/m0/s1. The lowest BCUT2D eigenvalue weighted by atomic mass is 9.98. The zero-order valence-electron chi connectivity index (χ0n) is 15.0. The van der Waals surface area contributed by atoms with Crippen molar-refractivity contribution in [3.05, 3.63) is 59.2 Å². The minimum atomic E-state index is 0.112. The molecule has 0 saturated carbocycles. The summed E-state index contributed by atoms with van der Waals surface area (Å²) in [6.07, 6.45) is 1.23. The molecule has 0 saturated heterocycles. The summed E-state index contributed by atoms with van der Waals surface area (Å²) in [5, 5.41) is 3.48. The van der Waals surface area contributed by atoms with Gasteiger partial charge in [-0.25, -0.2) is 0 Å². The van der Waals surface area contributed by atoms with E-state index in [1.165, 1.54) is 16.7 Å². The fourth-order valence-electron chi connectivity index (χ4n) is 2.81. The molecule has 23 heavy (non-hydrogen) atoms. The Labute approximate surface area is 140 Å². The number of nitrogens with one attached hydrogen (secondary N) is 1. The number of anilines is 1. The molecule has 0 aliphatic heterocycles. The number of ether oxygens (including phenoxy) is 1. The molecule has 0 unspecified atom stereocenters. The van der Waals surface area contributed by atoms with Crippen LogP contribution < -0.4 is 10.1 Å². The smallest absolute Gasteiger partial charge is 0.123 e. The van der Waals surface area contributed by atoms with E-state index in [1.54, 1.807) is 0 Å². The van der Waals surface area contributed by atoms with Crippen LogP contribution in [0.1, 0.15) is 49.8 Å². The molecule has 1 N–H and O–H groups in total. The average molecular weight is 311 g/mol. The first-order chi connectivity index (χ1) is 11.0. The first-order valence-corrected chi connectivity index (χ1v) is 8.57. The molecule has 2 atom stereocenters. The highest BCUT2D eigenvalue weighted by Gasteiger charge is 2.12. The number of hydrogen-bond donors (Lipinski definition) is 1. The van der Waals surface area contributed by atoms with Crippen molar-refractivity contribution in [2.45, 2.75) is 53.1 Å². The van der Waals surface area contributed by atoms with Crippen LogP contribution in [0.5, 0.6) is 5.75 Å². The summed E-state index contributed by atoms with van der Waals surface area (Å²) in [7, 11) is 0. The Morgan fingerprint density at radius 1 is 1.00 bits per heavy atom. The second-order valence-corrected chi connectivity index (χ2v) is 6.53. The van der Waals surface area contributed by atoms with Crippen molar-refractivity contribution in [3.8, 4) is 5.75 Å². The monoisotopic (exact) mass is 311 g/mol. The summed E-state index contributed by atoms with van der Waals surface area (Å²) in [5.41, 5.74) is 5.02. The molecule has 2 aromatic carbocycles. The molecule has 0 radical (unpaired) electrons. The van der Waals surface area contributed by atoms with E-state index < -0.39 is 0 Å². The van der Waals surface area contributed by atoms with Gasteiger partial charge in [-0.1, -0.05) is 38.1 Å². The predicted octanol–water partition coefficient (Wildman–Crippen LogP) is 5.70. The van der Waals surface area contributed by atoms with Gasteiger partial charge in [0.25, 0.3) is 0 Å². The van der Waals surface area contributed by atoms with Gasteiger partial charge in [0.2, 0.25) is 0 Å². The Morgan fingerprint density at radius 3 is 2.30 bits per heavy atom. The van der Waals surface area contributed by atoms with Crippen LogP contribution in [0.3, 0.4) is 0 Å². The van der Waals surface area contributed by atoms with Crippen molar-refractivity contribution < 1.29 is 4.74 Å².